The first kappa shape index (κ1) is 23.2. The maximum Gasteiger partial charge on any atom is 0.416 e. The quantitative estimate of drug-likeness (QED) is 0.294. The van der Waals surface area contributed by atoms with Crippen LogP contribution >= 0.6 is 0 Å². The van der Waals surface area contributed by atoms with Crippen molar-refractivity contribution in [3.8, 4) is 22.6 Å². The first-order chi connectivity index (χ1) is 17.2. The summed E-state index contributed by atoms with van der Waals surface area (Å²) in [5.41, 5.74) is 3.16. The number of carbonyl (C=O) groups is 1. The second-order valence-corrected chi connectivity index (χ2v) is 8.26. The van der Waals surface area contributed by atoms with E-state index in [0.717, 1.165) is 29.1 Å². The van der Waals surface area contributed by atoms with Crippen LogP contribution in [0, 0.1) is 13.8 Å². The number of benzene rings is 2. The van der Waals surface area contributed by atoms with E-state index in [2.05, 4.69) is 5.32 Å². The second-order valence-electron chi connectivity index (χ2n) is 8.26. The highest BCUT2D eigenvalue weighted by Crippen LogP contribution is 2.34. The Bertz CT molecular complexity index is 1530. The van der Waals surface area contributed by atoms with Crippen LogP contribution in [0.25, 0.3) is 22.6 Å². The van der Waals surface area contributed by atoms with E-state index in [1.807, 2.05) is 50.2 Å². The molecule has 0 saturated heterocycles. The smallest absolute Gasteiger partial charge is 0.416 e. The molecule has 0 saturated carbocycles. The maximum absolute atomic E-state index is 13.3. The number of amides is 1. The Morgan fingerprint density at radius 3 is 2.36 bits per heavy atom. The van der Waals surface area contributed by atoms with E-state index in [0.29, 0.717) is 22.9 Å². The summed E-state index contributed by atoms with van der Waals surface area (Å²) in [6.07, 6.45) is -3.03. The van der Waals surface area contributed by atoms with Crippen LogP contribution in [0.15, 0.2) is 89.5 Å². The molecule has 5 rings (SSSR count). The van der Waals surface area contributed by atoms with E-state index in [-0.39, 0.29) is 5.76 Å². The molecule has 0 aliphatic rings. The van der Waals surface area contributed by atoms with E-state index < -0.39 is 17.6 Å². The van der Waals surface area contributed by atoms with E-state index in [1.54, 1.807) is 33.5 Å². The van der Waals surface area contributed by atoms with Gasteiger partial charge in [-0.2, -0.15) is 18.3 Å². The molecule has 6 nitrogen and oxygen atoms in total. The van der Waals surface area contributed by atoms with Gasteiger partial charge < -0.3 is 14.3 Å². The van der Waals surface area contributed by atoms with E-state index in [1.165, 1.54) is 12.3 Å². The number of para-hydroxylation sites is 1. The number of furan rings is 1. The molecule has 0 aliphatic heterocycles. The second kappa shape index (κ2) is 8.92. The predicted molar refractivity (Wildman–Crippen MR) is 129 cm³/mol. The Morgan fingerprint density at radius 1 is 0.917 bits per heavy atom. The topological polar surface area (TPSA) is 65.0 Å². The molecule has 2 aromatic carbocycles. The van der Waals surface area contributed by atoms with Crippen molar-refractivity contribution in [2.45, 2.75) is 20.0 Å². The van der Waals surface area contributed by atoms with Crippen molar-refractivity contribution >= 4 is 11.7 Å². The number of rotatable bonds is 5. The van der Waals surface area contributed by atoms with Crippen molar-refractivity contribution in [2.75, 3.05) is 5.32 Å². The van der Waals surface area contributed by atoms with Crippen molar-refractivity contribution in [2.24, 2.45) is 0 Å². The molecule has 36 heavy (non-hydrogen) atoms. The summed E-state index contributed by atoms with van der Waals surface area (Å²) in [6.45, 7) is 3.65. The van der Waals surface area contributed by atoms with Gasteiger partial charge in [-0.3, -0.25) is 4.79 Å². The van der Waals surface area contributed by atoms with E-state index >= 15 is 0 Å². The SMILES string of the molecule is Cc1cc(-c2cc(NC(=O)c3ccco3)n(-c3ccccc3)n2)c(C)n1-c1cccc(C(F)(F)F)c1. The van der Waals surface area contributed by atoms with Crippen LogP contribution in [0.1, 0.15) is 27.5 Å². The normalized spacial score (nSPS) is 11.6. The molecule has 182 valence electrons. The van der Waals surface area contributed by atoms with Gasteiger partial charge in [0.05, 0.1) is 23.2 Å². The lowest BCUT2D eigenvalue weighted by atomic mass is 10.1. The molecule has 9 heteroatoms. The number of nitrogens with zero attached hydrogens (tertiary/aromatic N) is 3. The fraction of sp³-hybridized carbons (Fsp3) is 0.111. The van der Waals surface area contributed by atoms with Crippen LogP contribution in [-0.4, -0.2) is 20.3 Å². The fourth-order valence-corrected chi connectivity index (χ4v) is 4.19. The Labute approximate surface area is 204 Å². The lowest BCUT2D eigenvalue weighted by Gasteiger charge is -2.13. The zero-order valence-corrected chi connectivity index (χ0v) is 19.4. The van der Waals surface area contributed by atoms with Crippen LogP contribution in [0.3, 0.4) is 0 Å². The first-order valence-corrected chi connectivity index (χ1v) is 11.1. The van der Waals surface area contributed by atoms with Crippen LogP contribution in [0.4, 0.5) is 19.0 Å². The molecule has 0 unspecified atom stereocenters. The van der Waals surface area contributed by atoms with Gasteiger partial charge in [-0.1, -0.05) is 24.3 Å². The van der Waals surface area contributed by atoms with Gasteiger partial charge in [-0.15, -0.1) is 0 Å². The van der Waals surface area contributed by atoms with Gasteiger partial charge in [-0.05, 0) is 62.4 Å². The van der Waals surface area contributed by atoms with Crippen molar-refractivity contribution < 1.29 is 22.4 Å². The third-order valence-electron chi connectivity index (χ3n) is 5.84. The van der Waals surface area contributed by atoms with Gasteiger partial charge in [0.15, 0.2) is 5.76 Å². The molecule has 0 bridgehead atoms. The third kappa shape index (κ3) is 4.31. The van der Waals surface area contributed by atoms with E-state index in [9.17, 15) is 18.0 Å². The number of carbonyl (C=O) groups excluding carboxylic acids is 1. The molecule has 5 aromatic rings. The van der Waals surface area contributed by atoms with Crippen molar-refractivity contribution in [1.82, 2.24) is 14.3 Å². The summed E-state index contributed by atoms with van der Waals surface area (Å²) in [5.74, 6) is 0.139. The van der Waals surface area contributed by atoms with Gasteiger partial charge >= 0.3 is 6.18 Å². The Kier molecular flexibility index (Phi) is 5.75. The minimum Gasteiger partial charge on any atom is -0.459 e. The fourth-order valence-electron chi connectivity index (χ4n) is 4.19. The summed E-state index contributed by atoms with van der Waals surface area (Å²) in [4.78, 5) is 12.7. The molecular weight excluding hydrogens is 469 g/mol. The van der Waals surface area contributed by atoms with E-state index in [4.69, 9.17) is 9.52 Å². The van der Waals surface area contributed by atoms with Crippen LogP contribution in [0.5, 0.6) is 0 Å². The Morgan fingerprint density at radius 2 is 1.67 bits per heavy atom. The molecule has 0 aliphatic carbocycles. The minimum absolute atomic E-state index is 0.153. The van der Waals surface area contributed by atoms with Gasteiger partial charge in [0.25, 0.3) is 5.91 Å². The third-order valence-corrected chi connectivity index (χ3v) is 5.84. The molecule has 3 heterocycles. The average Bonchev–Trinajstić information content (AvgIpc) is 3.59. The zero-order valence-electron chi connectivity index (χ0n) is 19.4. The average molecular weight is 490 g/mol. The monoisotopic (exact) mass is 490 g/mol. The Balaban J connectivity index is 1.59. The maximum atomic E-state index is 13.3. The number of nitrogens with one attached hydrogen (secondary N) is 1. The summed E-state index contributed by atoms with van der Waals surface area (Å²) in [5, 5.41) is 7.56. The largest absolute Gasteiger partial charge is 0.459 e. The molecule has 1 amide bonds. The predicted octanol–water partition coefficient (Wildman–Crippen LogP) is 6.81. The van der Waals surface area contributed by atoms with Gasteiger partial charge in [-0.25, -0.2) is 4.68 Å². The molecule has 0 radical (unpaired) electrons. The molecule has 0 spiro atoms. The highest BCUT2D eigenvalue weighted by Gasteiger charge is 2.31. The summed E-state index contributed by atoms with van der Waals surface area (Å²) < 4.78 is 48.5. The lowest BCUT2D eigenvalue weighted by molar-refractivity contribution is -0.137. The number of anilines is 1. The lowest BCUT2D eigenvalue weighted by Crippen LogP contribution is -2.14. The first-order valence-electron chi connectivity index (χ1n) is 11.1. The van der Waals surface area contributed by atoms with Crippen LogP contribution in [-0.2, 0) is 6.18 Å². The number of halogens is 3. The zero-order chi connectivity index (χ0) is 25.4. The van der Waals surface area contributed by atoms with Gasteiger partial charge in [0, 0.05) is 28.7 Å². The standard InChI is InChI=1S/C27H21F3N4O2/c1-17-14-22(18(2)33(17)21-11-6-8-19(15-21)27(28,29)30)23-16-25(31-26(35)24-12-7-13-36-24)34(32-23)20-9-4-3-5-10-20/h3-16H,1-2H3,(H,31,35). The number of aryl methyl sites for hydroxylation is 1. The molecular formula is C27H21F3N4O2. The van der Waals surface area contributed by atoms with Crippen LogP contribution < -0.4 is 5.32 Å². The molecule has 0 atom stereocenters. The summed E-state index contributed by atoms with van der Waals surface area (Å²) in [7, 11) is 0. The van der Waals surface area contributed by atoms with Crippen molar-refractivity contribution in [1.29, 1.82) is 0 Å². The van der Waals surface area contributed by atoms with Crippen molar-refractivity contribution in [3.63, 3.8) is 0 Å². The van der Waals surface area contributed by atoms with Crippen LogP contribution in [0.2, 0.25) is 0 Å². The molecule has 0 fully saturated rings. The highest BCUT2D eigenvalue weighted by atomic mass is 19.4. The Hall–Kier alpha value is -4.53. The minimum atomic E-state index is -4.44. The number of aromatic nitrogens is 3. The highest BCUT2D eigenvalue weighted by molar-refractivity contribution is 6.02. The van der Waals surface area contributed by atoms with Gasteiger partial charge in [0.2, 0.25) is 0 Å². The molecule has 3 aromatic heterocycles. The molecule has 1 N–H and O–H groups in total. The number of hydrogen-bond donors (Lipinski definition) is 1. The number of alkyl halides is 3. The number of hydrogen-bond acceptors (Lipinski definition) is 3. The van der Waals surface area contributed by atoms with Gasteiger partial charge in [0.1, 0.15) is 5.82 Å². The summed E-state index contributed by atoms with van der Waals surface area (Å²) >= 11 is 0. The summed E-state index contributed by atoms with van der Waals surface area (Å²) in [6, 6.07) is 21.3. The van der Waals surface area contributed by atoms with Crippen molar-refractivity contribution in [3.05, 3.63) is 108 Å².